The van der Waals surface area contributed by atoms with Crippen molar-refractivity contribution in [1.29, 1.82) is 0 Å². The van der Waals surface area contributed by atoms with E-state index in [1.807, 2.05) is 0 Å². The molecule has 0 bridgehead atoms. The van der Waals surface area contributed by atoms with Gasteiger partial charge in [0, 0.05) is 18.0 Å². The number of aryl methyl sites for hydroxylation is 1. The maximum atomic E-state index is 12.8. The molecule has 100 valence electrons. The van der Waals surface area contributed by atoms with Gasteiger partial charge in [-0.2, -0.15) is 0 Å². The third kappa shape index (κ3) is 3.58. The van der Waals surface area contributed by atoms with E-state index < -0.39 is 0 Å². The first kappa shape index (κ1) is 12.7. The molecule has 1 heterocycles. The lowest BCUT2D eigenvalue weighted by Gasteiger charge is -1.99. The zero-order chi connectivity index (χ0) is 13.1. The molecule has 3 nitrogen and oxygen atoms in total. The molecule has 0 radical (unpaired) electrons. The van der Waals surface area contributed by atoms with E-state index in [4.69, 9.17) is 0 Å². The Labute approximate surface area is 115 Å². The van der Waals surface area contributed by atoms with Crippen LogP contribution in [0.1, 0.15) is 24.3 Å². The molecule has 0 spiro atoms. The van der Waals surface area contributed by atoms with Gasteiger partial charge in [-0.05, 0) is 50.1 Å². The number of aromatic nitrogens is 2. The molecular formula is C14H16FN3S. The van der Waals surface area contributed by atoms with E-state index in [0.717, 1.165) is 41.0 Å². The quantitative estimate of drug-likeness (QED) is 0.825. The summed E-state index contributed by atoms with van der Waals surface area (Å²) < 4.78 is 12.8. The second-order valence-corrected chi connectivity index (χ2v) is 5.90. The maximum Gasteiger partial charge on any atom is 0.147 e. The van der Waals surface area contributed by atoms with E-state index >= 15 is 0 Å². The van der Waals surface area contributed by atoms with Gasteiger partial charge in [-0.3, -0.25) is 0 Å². The molecule has 0 saturated heterocycles. The van der Waals surface area contributed by atoms with Gasteiger partial charge in [-0.15, -0.1) is 10.2 Å². The van der Waals surface area contributed by atoms with Crippen LogP contribution in [0.25, 0.3) is 10.6 Å². The predicted molar refractivity (Wildman–Crippen MR) is 74.6 cm³/mol. The Hall–Kier alpha value is -1.33. The van der Waals surface area contributed by atoms with Crippen molar-refractivity contribution in [3.63, 3.8) is 0 Å². The molecule has 1 aromatic heterocycles. The Morgan fingerprint density at radius 3 is 2.74 bits per heavy atom. The van der Waals surface area contributed by atoms with E-state index in [1.54, 1.807) is 23.5 Å². The molecule has 1 saturated carbocycles. The van der Waals surface area contributed by atoms with Crippen molar-refractivity contribution in [1.82, 2.24) is 15.5 Å². The summed E-state index contributed by atoms with van der Waals surface area (Å²) in [5, 5.41) is 13.8. The number of halogens is 1. The van der Waals surface area contributed by atoms with Crippen LogP contribution in [-0.4, -0.2) is 22.8 Å². The number of hydrogen-bond acceptors (Lipinski definition) is 4. The number of nitrogens with one attached hydrogen (secondary N) is 1. The number of rotatable bonds is 6. The van der Waals surface area contributed by atoms with Gasteiger partial charge in [0.2, 0.25) is 0 Å². The van der Waals surface area contributed by atoms with Crippen molar-refractivity contribution in [2.45, 2.75) is 31.7 Å². The van der Waals surface area contributed by atoms with Gasteiger partial charge in [0.05, 0.1) is 0 Å². The molecule has 1 aliphatic rings. The van der Waals surface area contributed by atoms with Crippen LogP contribution >= 0.6 is 11.3 Å². The van der Waals surface area contributed by atoms with Crippen molar-refractivity contribution in [2.75, 3.05) is 6.54 Å². The third-order valence-electron chi connectivity index (χ3n) is 3.14. The summed E-state index contributed by atoms with van der Waals surface area (Å²) in [4.78, 5) is 0. The minimum Gasteiger partial charge on any atom is -0.314 e. The summed E-state index contributed by atoms with van der Waals surface area (Å²) in [5.74, 6) is -0.223. The van der Waals surface area contributed by atoms with E-state index in [-0.39, 0.29) is 5.82 Å². The summed E-state index contributed by atoms with van der Waals surface area (Å²) in [6.07, 6.45) is 4.70. The molecule has 5 heteroatoms. The van der Waals surface area contributed by atoms with Crippen molar-refractivity contribution in [3.8, 4) is 10.6 Å². The van der Waals surface area contributed by atoms with E-state index in [0.29, 0.717) is 0 Å². The van der Waals surface area contributed by atoms with E-state index in [2.05, 4.69) is 15.5 Å². The lowest BCUT2D eigenvalue weighted by atomic mass is 10.2. The maximum absolute atomic E-state index is 12.8. The highest BCUT2D eigenvalue weighted by atomic mass is 32.1. The smallest absolute Gasteiger partial charge is 0.147 e. The second-order valence-electron chi connectivity index (χ2n) is 4.84. The first-order valence-corrected chi connectivity index (χ1v) is 7.44. The predicted octanol–water partition coefficient (Wildman–Crippen LogP) is 3.03. The first-order valence-electron chi connectivity index (χ1n) is 6.63. The fraction of sp³-hybridized carbons (Fsp3) is 0.429. The molecule has 1 fully saturated rings. The molecule has 0 unspecified atom stereocenters. The highest BCUT2D eigenvalue weighted by molar-refractivity contribution is 7.14. The molecule has 0 atom stereocenters. The highest BCUT2D eigenvalue weighted by Crippen LogP contribution is 2.24. The Morgan fingerprint density at radius 1 is 1.21 bits per heavy atom. The summed E-state index contributed by atoms with van der Waals surface area (Å²) in [5.41, 5.74) is 0.932. The van der Waals surface area contributed by atoms with Crippen molar-refractivity contribution in [3.05, 3.63) is 35.1 Å². The zero-order valence-corrected chi connectivity index (χ0v) is 11.4. The van der Waals surface area contributed by atoms with Crippen LogP contribution < -0.4 is 5.32 Å². The molecule has 1 aliphatic carbocycles. The summed E-state index contributed by atoms with van der Waals surface area (Å²) in [6.45, 7) is 1.05. The number of hydrogen-bond donors (Lipinski definition) is 1. The van der Waals surface area contributed by atoms with Gasteiger partial charge in [0.25, 0.3) is 0 Å². The molecule has 0 aliphatic heterocycles. The average molecular weight is 277 g/mol. The molecule has 1 aromatic carbocycles. The van der Waals surface area contributed by atoms with Crippen LogP contribution in [0.5, 0.6) is 0 Å². The Kier molecular flexibility index (Phi) is 3.84. The number of nitrogens with zero attached hydrogens (tertiary/aromatic N) is 2. The van der Waals surface area contributed by atoms with Gasteiger partial charge in [0.15, 0.2) is 0 Å². The lowest BCUT2D eigenvalue weighted by Crippen LogP contribution is -2.17. The second kappa shape index (κ2) is 5.75. The Balaban J connectivity index is 1.54. The minimum absolute atomic E-state index is 0.223. The fourth-order valence-electron chi connectivity index (χ4n) is 1.90. The van der Waals surface area contributed by atoms with Crippen molar-refractivity contribution >= 4 is 11.3 Å². The molecule has 2 aromatic rings. The Morgan fingerprint density at radius 2 is 2.00 bits per heavy atom. The monoisotopic (exact) mass is 277 g/mol. The summed E-state index contributed by atoms with van der Waals surface area (Å²) in [6, 6.07) is 7.17. The number of benzene rings is 1. The van der Waals surface area contributed by atoms with Crippen molar-refractivity contribution < 1.29 is 4.39 Å². The van der Waals surface area contributed by atoms with Gasteiger partial charge in [0.1, 0.15) is 15.8 Å². The largest absolute Gasteiger partial charge is 0.314 e. The molecule has 19 heavy (non-hydrogen) atoms. The SMILES string of the molecule is Fc1ccc(-c2nnc(CCCNC3CC3)s2)cc1. The van der Waals surface area contributed by atoms with Crippen LogP contribution in [0.15, 0.2) is 24.3 Å². The van der Waals surface area contributed by atoms with Crippen LogP contribution in [0.4, 0.5) is 4.39 Å². The summed E-state index contributed by atoms with van der Waals surface area (Å²) in [7, 11) is 0. The standard InChI is InChI=1S/C14H16FN3S/c15-11-5-3-10(4-6-11)14-18-17-13(19-14)2-1-9-16-12-7-8-12/h3-6,12,16H,1-2,7-9H2. The van der Waals surface area contributed by atoms with Crippen LogP contribution in [-0.2, 0) is 6.42 Å². The third-order valence-corrected chi connectivity index (χ3v) is 4.17. The van der Waals surface area contributed by atoms with Crippen LogP contribution in [0.3, 0.4) is 0 Å². The minimum atomic E-state index is -0.223. The fourth-order valence-corrected chi connectivity index (χ4v) is 2.78. The van der Waals surface area contributed by atoms with E-state index in [1.165, 1.54) is 25.0 Å². The van der Waals surface area contributed by atoms with Crippen LogP contribution in [0.2, 0.25) is 0 Å². The van der Waals surface area contributed by atoms with Crippen molar-refractivity contribution in [2.24, 2.45) is 0 Å². The lowest BCUT2D eigenvalue weighted by molar-refractivity contribution is 0.628. The molecule has 1 N–H and O–H groups in total. The topological polar surface area (TPSA) is 37.8 Å². The normalized spacial score (nSPS) is 14.8. The average Bonchev–Trinajstić information content (AvgIpc) is 3.13. The highest BCUT2D eigenvalue weighted by Gasteiger charge is 2.19. The first-order chi connectivity index (χ1) is 9.31. The molecule has 3 rings (SSSR count). The zero-order valence-electron chi connectivity index (χ0n) is 10.6. The van der Waals surface area contributed by atoms with E-state index in [9.17, 15) is 4.39 Å². The van der Waals surface area contributed by atoms with Gasteiger partial charge >= 0.3 is 0 Å². The molecule has 0 amide bonds. The van der Waals surface area contributed by atoms with Gasteiger partial charge < -0.3 is 5.32 Å². The van der Waals surface area contributed by atoms with Gasteiger partial charge in [-0.1, -0.05) is 11.3 Å². The Bertz CT molecular complexity index is 534. The van der Waals surface area contributed by atoms with Crippen LogP contribution in [0, 0.1) is 5.82 Å². The summed E-state index contributed by atoms with van der Waals surface area (Å²) >= 11 is 1.59. The molecular weight excluding hydrogens is 261 g/mol. The van der Waals surface area contributed by atoms with Gasteiger partial charge in [-0.25, -0.2) is 4.39 Å².